The van der Waals surface area contributed by atoms with Crippen molar-refractivity contribution in [2.24, 2.45) is 0 Å². The molecule has 1 N–H and O–H groups in total. The molecule has 0 spiro atoms. The average Bonchev–Trinajstić information content (AvgIpc) is 3.19. The second-order valence-corrected chi connectivity index (χ2v) is 8.23. The van der Waals surface area contributed by atoms with E-state index in [1.54, 1.807) is 23.1 Å². The van der Waals surface area contributed by atoms with Crippen LogP contribution in [-0.2, 0) is 10.2 Å². The third-order valence-electron chi connectivity index (χ3n) is 4.97. The summed E-state index contributed by atoms with van der Waals surface area (Å²) < 4.78 is 6.97. The molecule has 156 valence electrons. The van der Waals surface area contributed by atoms with Crippen molar-refractivity contribution < 1.29 is 9.53 Å². The lowest BCUT2D eigenvalue weighted by Gasteiger charge is -2.28. The van der Waals surface area contributed by atoms with Gasteiger partial charge in [0.25, 0.3) is 11.9 Å². The van der Waals surface area contributed by atoms with Crippen molar-refractivity contribution in [2.75, 3.05) is 36.5 Å². The van der Waals surface area contributed by atoms with Gasteiger partial charge in [-0.15, -0.1) is 0 Å². The van der Waals surface area contributed by atoms with Crippen LogP contribution in [0.3, 0.4) is 0 Å². The number of benzene rings is 1. The number of amides is 1. The Labute approximate surface area is 175 Å². The topological polar surface area (TPSA) is 85.2 Å². The van der Waals surface area contributed by atoms with Gasteiger partial charge in [-0.25, -0.2) is 9.97 Å². The zero-order chi connectivity index (χ0) is 21.1. The molecule has 0 bridgehead atoms. The Morgan fingerprint density at radius 3 is 2.37 bits per heavy atom. The molecule has 2 aromatic heterocycles. The van der Waals surface area contributed by atoms with Crippen LogP contribution in [-0.4, -0.2) is 52.0 Å². The molecule has 8 nitrogen and oxygen atoms in total. The van der Waals surface area contributed by atoms with Crippen LogP contribution in [0.5, 0.6) is 0 Å². The smallest absolute Gasteiger partial charge is 0.256 e. The molecule has 0 radical (unpaired) electrons. The number of carbonyl (C=O) groups is 1. The number of rotatable bonds is 4. The maximum absolute atomic E-state index is 12.9. The molecule has 1 amide bonds. The van der Waals surface area contributed by atoms with E-state index in [-0.39, 0.29) is 11.3 Å². The second-order valence-electron chi connectivity index (χ2n) is 8.23. The fourth-order valence-electron chi connectivity index (χ4n) is 3.22. The van der Waals surface area contributed by atoms with Crippen LogP contribution in [0.1, 0.15) is 36.8 Å². The van der Waals surface area contributed by atoms with E-state index in [9.17, 15) is 4.79 Å². The molecule has 0 unspecified atom stereocenters. The van der Waals surface area contributed by atoms with Crippen LogP contribution in [0.15, 0.2) is 48.8 Å². The predicted molar refractivity (Wildman–Crippen MR) is 115 cm³/mol. The van der Waals surface area contributed by atoms with Gasteiger partial charge in [0.2, 0.25) is 0 Å². The second kappa shape index (κ2) is 8.23. The van der Waals surface area contributed by atoms with Gasteiger partial charge in [-0.1, -0.05) is 20.8 Å². The Morgan fingerprint density at radius 1 is 1.07 bits per heavy atom. The van der Waals surface area contributed by atoms with Gasteiger partial charge < -0.3 is 15.0 Å². The number of aromatic nitrogens is 4. The van der Waals surface area contributed by atoms with Gasteiger partial charge in [0.1, 0.15) is 5.82 Å². The van der Waals surface area contributed by atoms with E-state index >= 15 is 0 Å². The van der Waals surface area contributed by atoms with E-state index in [1.165, 1.54) is 0 Å². The molecule has 0 aliphatic carbocycles. The number of ether oxygens (including phenoxy) is 1. The summed E-state index contributed by atoms with van der Waals surface area (Å²) in [5.74, 6) is 0.736. The minimum Gasteiger partial charge on any atom is -0.378 e. The standard InChI is InChI=1S/C22H26N6O2/c1-22(2,3)18-15-19(28(26-18)21-23-9-4-10-24-21)25-20(29)16-5-7-17(8-6-16)27-11-13-30-14-12-27/h4-10,15H,11-14H2,1-3H3,(H,25,29). The Kier molecular flexibility index (Phi) is 5.50. The van der Waals surface area contributed by atoms with E-state index in [0.717, 1.165) is 37.7 Å². The Balaban J connectivity index is 1.57. The third-order valence-corrected chi connectivity index (χ3v) is 4.97. The molecular formula is C22H26N6O2. The summed E-state index contributed by atoms with van der Waals surface area (Å²) in [6.45, 7) is 9.38. The quantitative estimate of drug-likeness (QED) is 0.717. The molecular weight excluding hydrogens is 380 g/mol. The first-order valence-corrected chi connectivity index (χ1v) is 10.0. The molecule has 1 aliphatic rings. The van der Waals surface area contributed by atoms with Gasteiger partial charge in [-0.2, -0.15) is 9.78 Å². The fraction of sp³-hybridized carbons (Fsp3) is 0.364. The van der Waals surface area contributed by atoms with Crippen molar-refractivity contribution in [1.82, 2.24) is 19.7 Å². The van der Waals surface area contributed by atoms with Crippen molar-refractivity contribution in [3.8, 4) is 5.95 Å². The maximum Gasteiger partial charge on any atom is 0.256 e. The fourth-order valence-corrected chi connectivity index (χ4v) is 3.22. The van der Waals surface area contributed by atoms with Crippen molar-refractivity contribution in [3.63, 3.8) is 0 Å². The van der Waals surface area contributed by atoms with E-state index < -0.39 is 0 Å². The Morgan fingerprint density at radius 2 is 1.73 bits per heavy atom. The highest BCUT2D eigenvalue weighted by Crippen LogP contribution is 2.26. The molecule has 30 heavy (non-hydrogen) atoms. The van der Waals surface area contributed by atoms with Crippen LogP contribution >= 0.6 is 0 Å². The summed E-state index contributed by atoms with van der Waals surface area (Å²) in [4.78, 5) is 23.7. The summed E-state index contributed by atoms with van der Waals surface area (Å²) in [6.07, 6.45) is 3.30. The molecule has 1 aliphatic heterocycles. The van der Waals surface area contributed by atoms with Crippen LogP contribution in [0, 0.1) is 0 Å². The van der Waals surface area contributed by atoms with Crippen LogP contribution in [0.2, 0.25) is 0 Å². The first-order chi connectivity index (χ1) is 14.4. The molecule has 1 saturated heterocycles. The zero-order valence-electron chi connectivity index (χ0n) is 17.5. The highest BCUT2D eigenvalue weighted by atomic mass is 16.5. The molecule has 3 heterocycles. The number of hydrogen-bond acceptors (Lipinski definition) is 6. The lowest BCUT2D eigenvalue weighted by Crippen LogP contribution is -2.36. The van der Waals surface area contributed by atoms with E-state index in [2.05, 4.69) is 46.1 Å². The SMILES string of the molecule is CC(C)(C)c1cc(NC(=O)c2ccc(N3CCOCC3)cc2)n(-c2ncccn2)n1. The number of nitrogens with one attached hydrogen (secondary N) is 1. The molecule has 1 fully saturated rings. The average molecular weight is 406 g/mol. The van der Waals surface area contributed by atoms with Crippen molar-refractivity contribution in [1.29, 1.82) is 0 Å². The molecule has 1 aromatic carbocycles. The normalized spacial score (nSPS) is 14.6. The van der Waals surface area contributed by atoms with Crippen molar-refractivity contribution >= 4 is 17.4 Å². The zero-order valence-corrected chi connectivity index (χ0v) is 17.5. The number of carbonyl (C=O) groups excluding carboxylic acids is 1. The van der Waals surface area contributed by atoms with Crippen LogP contribution < -0.4 is 10.2 Å². The molecule has 0 saturated carbocycles. The third kappa shape index (κ3) is 4.33. The Hall–Kier alpha value is -3.26. The van der Waals surface area contributed by atoms with Crippen molar-refractivity contribution in [2.45, 2.75) is 26.2 Å². The number of nitrogens with zero attached hydrogens (tertiary/aromatic N) is 5. The van der Waals surface area contributed by atoms with Gasteiger partial charge in [-0.3, -0.25) is 4.79 Å². The Bertz CT molecular complexity index is 1000. The summed E-state index contributed by atoms with van der Waals surface area (Å²) >= 11 is 0. The number of hydrogen-bond donors (Lipinski definition) is 1. The van der Waals surface area contributed by atoms with E-state index in [4.69, 9.17) is 4.74 Å². The summed E-state index contributed by atoms with van der Waals surface area (Å²) in [5, 5.41) is 7.60. The van der Waals surface area contributed by atoms with Gasteiger partial charge in [-0.05, 0) is 30.3 Å². The molecule has 0 atom stereocenters. The highest BCUT2D eigenvalue weighted by molar-refractivity contribution is 6.04. The first kappa shape index (κ1) is 20.0. The monoisotopic (exact) mass is 406 g/mol. The van der Waals surface area contributed by atoms with Crippen LogP contribution in [0.4, 0.5) is 11.5 Å². The van der Waals surface area contributed by atoms with E-state index in [1.807, 2.05) is 30.3 Å². The summed E-state index contributed by atoms with van der Waals surface area (Å²) in [5.41, 5.74) is 2.32. The molecule has 3 aromatic rings. The summed E-state index contributed by atoms with van der Waals surface area (Å²) in [7, 11) is 0. The minimum absolute atomic E-state index is 0.181. The molecule has 4 rings (SSSR count). The van der Waals surface area contributed by atoms with E-state index in [0.29, 0.717) is 17.3 Å². The van der Waals surface area contributed by atoms with Gasteiger partial charge in [0, 0.05) is 48.2 Å². The largest absolute Gasteiger partial charge is 0.378 e. The highest BCUT2D eigenvalue weighted by Gasteiger charge is 2.22. The summed E-state index contributed by atoms with van der Waals surface area (Å²) in [6, 6.07) is 11.2. The lowest BCUT2D eigenvalue weighted by molar-refractivity contribution is 0.102. The van der Waals surface area contributed by atoms with Gasteiger partial charge in [0.15, 0.2) is 0 Å². The lowest BCUT2D eigenvalue weighted by atomic mass is 9.92. The maximum atomic E-state index is 12.9. The molecule has 8 heteroatoms. The van der Waals surface area contributed by atoms with Crippen LogP contribution in [0.25, 0.3) is 5.95 Å². The minimum atomic E-state index is -0.207. The number of anilines is 2. The number of morpholine rings is 1. The van der Waals surface area contributed by atoms with Gasteiger partial charge in [0.05, 0.1) is 18.9 Å². The predicted octanol–water partition coefficient (Wildman–Crippen LogP) is 3.05. The first-order valence-electron chi connectivity index (χ1n) is 10.0. The van der Waals surface area contributed by atoms with Crippen molar-refractivity contribution in [3.05, 3.63) is 60.0 Å². The van der Waals surface area contributed by atoms with Gasteiger partial charge >= 0.3 is 0 Å².